The fraction of sp³-hybridized carbons (Fsp3) is 0.353. The lowest BCUT2D eigenvalue weighted by Crippen LogP contribution is -2.19. The number of rotatable bonds is 7. The van der Waals surface area contributed by atoms with Crippen molar-refractivity contribution in [1.82, 2.24) is 10.3 Å². The van der Waals surface area contributed by atoms with E-state index in [1.165, 1.54) is 0 Å². The summed E-state index contributed by atoms with van der Waals surface area (Å²) >= 11 is 3.43. The normalized spacial score (nSPS) is 10.9. The highest BCUT2D eigenvalue weighted by Gasteiger charge is 2.00. The number of nitrogens with zero attached hydrogens (tertiary/aromatic N) is 1. The van der Waals surface area contributed by atoms with Gasteiger partial charge < -0.3 is 10.1 Å². The molecule has 0 fully saturated rings. The topological polar surface area (TPSA) is 34.1 Å². The standard InChI is InChI=1S/C17H21BrN2O/c1-13(2)10-19-11-16-9-17(7-8-20-16)21-12-14-3-5-15(18)6-4-14/h3-9,13,19H,10-12H2,1-2H3. The molecule has 0 radical (unpaired) electrons. The lowest BCUT2D eigenvalue weighted by molar-refractivity contribution is 0.305. The van der Waals surface area contributed by atoms with Gasteiger partial charge in [-0.15, -0.1) is 0 Å². The fourth-order valence-corrected chi connectivity index (χ4v) is 2.14. The lowest BCUT2D eigenvalue weighted by atomic mass is 10.2. The monoisotopic (exact) mass is 348 g/mol. The Labute approximate surface area is 134 Å². The minimum Gasteiger partial charge on any atom is -0.489 e. The van der Waals surface area contributed by atoms with Crippen LogP contribution in [0.5, 0.6) is 5.75 Å². The number of halogens is 1. The fourth-order valence-electron chi connectivity index (χ4n) is 1.88. The van der Waals surface area contributed by atoms with Crippen LogP contribution < -0.4 is 10.1 Å². The summed E-state index contributed by atoms with van der Waals surface area (Å²) in [5.41, 5.74) is 2.15. The second-order valence-electron chi connectivity index (χ2n) is 5.42. The number of pyridine rings is 1. The Morgan fingerprint density at radius 3 is 2.67 bits per heavy atom. The molecule has 4 heteroatoms. The van der Waals surface area contributed by atoms with Gasteiger partial charge in [-0.3, -0.25) is 4.98 Å². The van der Waals surface area contributed by atoms with Crippen molar-refractivity contribution in [2.24, 2.45) is 5.92 Å². The molecule has 0 aliphatic rings. The average molecular weight is 349 g/mol. The van der Waals surface area contributed by atoms with E-state index in [2.05, 4.69) is 52.2 Å². The summed E-state index contributed by atoms with van der Waals surface area (Å²) in [6.07, 6.45) is 1.79. The highest BCUT2D eigenvalue weighted by molar-refractivity contribution is 9.10. The van der Waals surface area contributed by atoms with Gasteiger partial charge in [0.1, 0.15) is 12.4 Å². The third kappa shape index (κ3) is 5.86. The predicted molar refractivity (Wildman–Crippen MR) is 89.3 cm³/mol. The van der Waals surface area contributed by atoms with E-state index in [0.717, 1.165) is 34.6 Å². The molecule has 112 valence electrons. The Bertz CT molecular complexity index is 555. The molecule has 2 aromatic rings. The molecular weight excluding hydrogens is 328 g/mol. The Morgan fingerprint density at radius 2 is 1.95 bits per heavy atom. The number of aromatic nitrogens is 1. The zero-order chi connectivity index (χ0) is 15.1. The van der Waals surface area contributed by atoms with Gasteiger partial charge in [-0.25, -0.2) is 0 Å². The van der Waals surface area contributed by atoms with Gasteiger partial charge in [0, 0.05) is 23.3 Å². The van der Waals surface area contributed by atoms with Gasteiger partial charge in [0.05, 0.1) is 5.69 Å². The first-order valence-electron chi connectivity index (χ1n) is 7.16. The Hall–Kier alpha value is -1.39. The lowest BCUT2D eigenvalue weighted by Gasteiger charge is -2.09. The second-order valence-corrected chi connectivity index (χ2v) is 6.34. The maximum Gasteiger partial charge on any atom is 0.123 e. The van der Waals surface area contributed by atoms with Crippen LogP contribution in [0.1, 0.15) is 25.1 Å². The molecule has 0 spiro atoms. The van der Waals surface area contributed by atoms with Gasteiger partial charge in [0.2, 0.25) is 0 Å². The summed E-state index contributed by atoms with van der Waals surface area (Å²) in [6, 6.07) is 12.0. The first-order valence-corrected chi connectivity index (χ1v) is 7.95. The summed E-state index contributed by atoms with van der Waals surface area (Å²) in [6.45, 7) is 6.71. The molecule has 3 nitrogen and oxygen atoms in total. The van der Waals surface area contributed by atoms with Crippen LogP contribution >= 0.6 is 15.9 Å². The van der Waals surface area contributed by atoms with Crippen molar-refractivity contribution in [3.63, 3.8) is 0 Å². The van der Waals surface area contributed by atoms with E-state index in [1.807, 2.05) is 24.3 Å². The van der Waals surface area contributed by atoms with Gasteiger partial charge in [-0.05, 0) is 36.2 Å². The first kappa shape index (κ1) is 16.0. The molecule has 0 amide bonds. The summed E-state index contributed by atoms with van der Waals surface area (Å²) in [5, 5.41) is 3.39. The smallest absolute Gasteiger partial charge is 0.123 e. The number of benzene rings is 1. The van der Waals surface area contributed by atoms with Crippen molar-refractivity contribution in [3.8, 4) is 5.75 Å². The van der Waals surface area contributed by atoms with E-state index in [4.69, 9.17) is 4.74 Å². The molecule has 0 saturated carbocycles. The molecule has 0 atom stereocenters. The van der Waals surface area contributed by atoms with Crippen molar-refractivity contribution in [3.05, 3.63) is 58.3 Å². The summed E-state index contributed by atoms with van der Waals surface area (Å²) < 4.78 is 6.89. The van der Waals surface area contributed by atoms with E-state index in [0.29, 0.717) is 12.5 Å². The summed E-state index contributed by atoms with van der Waals surface area (Å²) in [4.78, 5) is 4.35. The molecule has 0 unspecified atom stereocenters. The Balaban J connectivity index is 1.87. The van der Waals surface area contributed by atoms with E-state index in [1.54, 1.807) is 6.20 Å². The van der Waals surface area contributed by atoms with Crippen molar-refractivity contribution < 1.29 is 4.74 Å². The molecule has 0 aliphatic carbocycles. The third-order valence-electron chi connectivity index (χ3n) is 2.97. The van der Waals surface area contributed by atoms with Crippen LogP contribution in [0.15, 0.2) is 47.1 Å². The van der Waals surface area contributed by atoms with E-state index >= 15 is 0 Å². The van der Waals surface area contributed by atoms with E-state index in [-0.39, 0.29) is 0 Å². The minimum atomic E-state index is 0.566. The highest BCUT2D eigenvalue weighted by Crippen LogP contribution is 2.15. The Kier molecular flexibility index (Phi) is 6.21. The molecule has 1 heterocycles. The largest absolute Gasteiger partial charge is 0.489 e. The van der Waals surface area contributed by atoms with E-state index < -0.39 is 0 Å². The summed E-state index contributed by atoms with van der Waals surface area (Å²) in [5.74, 6) is 1.50. The van der Waals surface area contributed by atoms with Crippen LogP contribution in [0.25, 0.3) is 0 Å². The van der Waals surface area contributed by atoms with Crippen LogP contribution in [0.4, 0.5) is 0 Å². The van der Waals surface area contributed by atoms with Crippen molar-refractivity contribution in [1.29, 1.82) is 0 Å². The number of hydrogen-bond donors (Lipinski definition) is 1. The van der Waals surface area contributed by atoms with Gasteiger partial charge in [0.25, 0.3) is 0 Å². The molecule has 0 bridgehead atoms. The molecule has 1 aromatic carbocycles. The maximum atomic E-state index is 5.82. The van der Waals surface area contributed by atoms with Crippen LogP contribution in [0.2, 0.25) is 0 Å². The summed E-state index contributed by atoms with van der Waals surface area (Å²) in [7, 11) is 0. The van der Waals surface area contributed by atoms with E-state index in [9.17, 15) is 0 Å². The number of ether oxygens (including phenoxy) is 1. The molecular formula is C17H21BrN2O. The first-order chi connectivity index (χ1) is 10.1. The Morgan fingerprint density at radius 1 is 1.19 bits per heavy atom. The molecule has 1 N–H and O–H groups in total. The van der Waals surface area contributed by atoms with Crippen LogP contribution in [0.3, 0.4) is 0 Å². The number of hydrogen-bond acceptors (Lipinski definition) is 3. The third-order valence-corrected chi connectivity index (χ3v) is 3.49. The van der Waals surface area contributed by atoms with Crippen molar-refractivity contribution in [2.75, 3.05) is 6.54 Å². The van der Waals surface area contributed by atoms with Crippen LogP contribution in [0, 0.1) is 5.92 Å². The quantitative estimate of drug-likeness (QED) is 0.815. The van der Waals surface area contributed by atoms with Crippen molar-refractivity contribution >= 4 is 15.9 Å². The zero-order valence-corrected chi connectivity index (χ0v) is 14.1. The second kappa shape index (κ2) is 8.15. The predicted octanol–water partition coefficient (Wildman–Crippen LogP) is 4.17. The molecule has 0 aliphatic heterocycles. The van der Waals surface area contributed by atoms with Gasteiger partial charge in [-0.2, -0.15) is 0 Å². The zero-order valence-electron chi connectivity index (χ0n) is 12.5. The molecule has 2 rings (SSSR count). The van der Waals surface area contributed by atoms with Gasteiger partial charge in [-0.1, -0.05) is 41.9 Å². The van der Waals surface area contributed by atoms with Gasteiger partial charge in [0.15, 0.2) is 0 Å². The molecule has 0 saturated heterocycles. The number of nitrogens with one attached hydrogen (secondary N) is 1. The van der Waals surface area contributed by atoms with Crippen molar-refractivity contribution in [2.45, 2.75) is 27.0 Å². The maximum absolute atomic E-state index is 5.82. The molecule has 21 heavy (non-hydrogen) atoms. The average Bonchev–Trinajstić information content (AvgIpc) is 2.47. The molecule has 1 aromatic heterocycles. The highest BCUT2D eigenvalue weighted by atomic mass is 79.9. The minimum absolute atomic E-state index is 0.566. The van der Waals surface area contributed by atoms with Gasteiger partial charge >= 0.3 is 0 Å². The van der Waals surface area contributed by atoms with Crippen LogP contribution in [-0.4, -0.2) is 11.5 Å². The van der Waals surface area contributed by atoms with Crippen LogP contribution in [-0.2, 0) is 13.2 Å². The SMILES string of the molecule is CC(C)CNCc1cc(OCc2ccc(Br)cc2)ccn1.